The van der Waals surface area contributed by atoms with Crippen molar-refractivity contribution in [3.63, 3.8) is 0 Å². The lowest BCUT2D eigenvalue weighted by molar-refractivity contribution is -0.137. The number of nitrogens with zero attached hydrogens (tertiary/aromatic N) is 1. The van der Waals surface area contributed by atoms with Gasteiger partial charge in [-0.1, -0.05) is 33.6 Å². The van der Waals surface area contributed by atoms with E-state index < -0.39 is 12.0 Å². The van der Waals surface area contributed by atoms with Crippen molar-refractivity contribution in [1.29, 1.82) is 0 Å². The van der Waals surface area contributed by atoms with E-state index in [1.165, 1.54) is 0 Å². The standard InChI is InChI=1S/C14H24N2O3/c1-6-7-16(9-13(17)18)14(19)15-8-12(10(2)3)11(4)5/h1,10-12H,7-9H2,2-5H3,(H,15,19)(H,17,18). The molecule has 2 amide bonds. The first kappa shape index (κ1) is 17.3. The molecule has 2 N–H and O–H groups in total. The molecular weight excluding hydrogens is 244 g/mol. The van der Waals surface area contributed by atoms with E-state index in [2.05, 4.69) is 38.9 Å². The average Bonchev–Trinajstić information content (AvgIpc) is 2.26. The molecule has 0 fully saturated rings. The van der Waals surface area contributed by atoms with E-state index >= 15 is 0 Å². The summed E-state index contributed by atoms with van der Waals surface area (Å²) in [6, 6.07) is -0.424. The third kappa shape index (κ3) is 6.70. The fourth-order valence-corrected chi connectivity index (χ4v) is 2.03. The SMILES string of the molecule is C#CCN(CC(=O)O)C(=O)NCC(C(C)C)C(C)C. The monoisotopic (exact) mass is 268 g/mol. The van der Waals surface area contributed by atoms with Crippen molar-refractivity contribution >= 4 is 12.0 Å². The molecule has 19 heavy (non-hydrogen) atoms. The van der Waals surface area contributed by atoms with Gasteiger partial charge in [0.05, 0.1) is 6.54 Å². The Morgan fingerprint density at radius 3 is 2.16 bits per heavy atom. The first-order valence-electron chi connectivity index (χ1n) is 6.47. The fraction of sp³-hybridized carbons (Fsp3) is 0.714. The quantitative estimate of drug-likeness (QED) is 0.690. The number of amides is 2. The maximum Gasteiger partial charge on any atom is 0.323 e. The maximum absolute atomic E-state index is 11.9. The van der Waals surface area contributed by atoms with Crippen molar-refractivity contribution in [3.8, 4) is 12.3 Å². The number of terminal acetylenes is 1. The highest BCUT2D eigenvalue weighted by Crippen LogP contribution is 2.19. The van der Waals surface area contributed by atoms with Crippen LogP contribution in [0.2, 0.25) is 0 Å². The Labute approximate surface area is 115 Å². The van der Waals surface area contributed by atoms with Gasteiger partial charge in [-0.2, -0.15) is 0 Å². The first-order valence-corrected chi connectivity index (χ1v) is 6.47. The second-order valence-corrected chi connectivity index (χ2v) is 5.29. The van der Waals surface area contributed by atoms with Crippen LogP contribution in [0.3, 0.4) is 0 Å². The second kappa shape index (κ2) is 8.41. The van der Waals surface area contributed by atoms with Gasteiger partial charge in [-0.3, -0.25) is 4.79 Å². The van der Waals surface area contributed by atoms with E-state index in [9.17, 15) is 9.59 Å². The van der Waals surface area contributed by atoms with Gasteiger partial charge >= 0.3 is 12.0 Å². The van der Waals surface area contributed by atoms with Crippen LogP contribution in [-0.4, -0.2) is 41.6 Å². The largest absolute Gasteiger partial charge is 0.480 e. The number of nitrogens with one attached hydrogen (secondary N) is 1. The maximum atomic E-state index is 11.9. The van der Waals surface area contributed by atoms with Crippen molar-refractivity contribution in [2.45, 2.75) is 27.7 Å². The Kier molecular flexibility index (Phi) is 7.66. The zero-order valence-electron chi connectivity index (χ0n) is 12.1. The molecule has 0 spiro atoms. The van der Waals surface area contributed by atoms with Crippen LogP contribution >= 0.6 is 0 Å². The van der Waals surface area contributed by atoms with Gasteiger partial charge in [-0.05, 0) is 17.8 Å². The summed E-state index contributed by atoms with van der Waals surface area (Å²) in [5, 5.41) is 11.5. The van der Waals surface area contributed by atoms with Gasteiger partial charge in [-0.25, -0.2) is 4.79 Å². The molecule has 0 aliphatic carbocycles. The first-order chi connectivity index (χ1) is 8.79. The molecule has 0 heterocycles. The lowest BCUT2D eigenvalue weighted by Gasteiger charge is -2.26. The predicted molar refractivity (Wildman–Crippen MR) is 74.6 cm³/mol. The average molecular weight is 268 g/mol. The summed E-state index contributed by atoms with van der Waals surface area (Å²) < 4.78 is 0. The molecule has 108 valence electrons. The molecule has 5 heteroatoms. The van der Waals surface area contributed by atoms with E-state index in [-0.39, 0.29) is 13.1 Å². The lowest BCUT2D eigenvalue weighted by Crippen LogP contribution is -2.45. The van der Waals surface area contributed by atoms with Crippen LogP contribution in [0, 0.1) is 30.1 Å². The van der Waals surface area contributed by atoms with Gasteiger partial charge in [0.25, 0.3) is 0 Å². The highest BCUT2D eigenvalue weighted by molar-refractivity contribution is 5.80. The Morgan fingerprint density at radius 2 is 1.79 bits per heavy atom. The van der Waals surface area contributed by atoms with Crippen LogP contribution in [0.4, 0.5) is 4.79 Å². The summed E-state index contributed by atoms with van der Waals surface area (Å²) in [5.74, 6) is 2.45. The Morgan fingerprint density at radius 1 is 1.26 bits per heavy atom. The summed E-state index contributed by atoms with van der Waals surface area (Å²) in [6.07, 6.45) is 5.13. The topological polar surface area (TPSA) is 69.6 Å². The molecule has 0 aromatic rings. The van der Waals surface area contributed by atoms with Crippen LogP contribution in [-0.2, 0) is 4.79 Å². The van der Waals surface area contributed by atoms with Crippen molar-refractivity contribution in [3.05, 3.63) is 0 Å². The molecule has 0 rings (SSSR count). The number of hydrogen-bond donors (Lipinski definition) is 2. The van der Waals surface area contributed by atoms with Gasteiger partial charge in [-0.15, -0.1) is 6.42 Å². The number of rotatable bonds is 7. The van der Waals surface area contributed by atoms with Crippen LogP contribution in [0.5, 0.6) is 0 Å². The molecular formula is C14H24N2O3. The molecule has 0 atom stereocenters. The van der Waals surface area contributed by atoms with E-state index in [0.29, 0.717) is 24.3 Å². The summed E-state index contributed by atoms with van der Waals surface area (Å²) >= 11 is 0. The number of carboxylic acid groups (broad SMARTS) is 1. The van der Waals surface area contributed by atoms with E-state index in [1.54, 1.807) is 0 Å². The molecule has 5 nitrogen and oxygen atoms in total. The van der Waals surface area contributed by atoms with Gasteiger partial charge in [0, 0.05) is 6.54 Å². The molecule has 0 saturated carbocycles. The molecule has 0 unspecified atom stereocenters. The molecule has 0 aliphatic heterocycles. The molecule has 0 bridgehead atoms. The summed E-state index contributed by atoms with van der Waals surface area (Å²) in [4.78, 5) is 23.6. The minimum Gasteiger partial charge on any atom is -0.480 e. The van der Waals surface area contributed by atoms with E-state index in [0.717, 1.165) is 4.90 Å². The highest BCUT2D eigenvalue weighted by atomic mass is 16.4. The normalized spacial score (nSPS) is 10.6. The summed E-state index contributed by atoms with van der Waals surface area (Å²) in [5.41, 5.74) is 0. The highest BCUT2D eigenvalue weighted by Gasteiger charge is 2.21. The van der Waals surface area contributed by atoms with Crippen LogP contribution < -0.4 is 5.32 Å². The number of carboxylic acids is 1. The number of carbonyl (C=O) groups is 2. The minimum atomic E-state index is -1.07. The van der Waals surface area contributed by atoms with E-state index in [4.69, 9.17) is 11.5 Å². The second-order valence-electron chi connectivity index (χ2n) is 5.29. The molecule has 0 saturated heterocycles. The van der Waals surface area contributed by atoms with Crippen molar-refractivity contribution < 1.29 is 14.7 Å². The van der Waals surface area contributed by atoms with Gasteiger partial charge < -0.3 is 15.3 Å². The smallest absolute Gasteiger partial charge is 0.323 e. The zero-order valence-corrected chi connectivity index (χ0v) is 12.1. The van der Waals surface area contributed by atoms with Crippen molar-refractivity contribution in [2.75, 3.05) is 19.6 Å². The van der Waals surface area contributed by atoms with Crippen molar-refractivity contribution in [1.82, 2.24) is 10.2 Å². The minimum absolute atomic E-state index is 0.00778. The van der Waals surface area contributed by atoms with Gasteiger partial charge in [0.2, 0.25) is 0 Å². The predicted octanol–water partition coefficient (Wildman–Crippen LogP) is 1.64. The molecule has 0 aliphatic rings. The number of aliphatic carboxylic acids is 1. The Hall–Kier alpha value is -1.70. The van der Waals surface area contributed by atoms with Crippen LogP contribution in [0.25, 0.3) is 0 Å². The Balaban J connectivity index is 4.47. The van der Waals surface area contributed by atoms with E-state index in [1.807, 2.05) is 0 Å². The van der Waals surface area contributed by atoms with Gasteiger partial charge in [0.1, 0.15) is 6.54 Å². The Bertz CT molecular complexity index is 337. The summed E-state index contributed by atoms with van der Waals surface area (Å²) in [7, 11) is 0. The fourth-order valence-electron chi connectivity index (χ4n) is 2.03. The lowest BCUT2D eigenvalue weighted by atomic mass is 9.85. The number of hydrogen-bond acceptors (Lipinski definition) is 2. The van der Waals surface area contributed by atoms with Gasteiger partial charge in [0.15, 0.2) is 0 Å². The molecule has 0 aromatic carbocycles. The number of urea groups is 1. The third-order valence-corrected chi connectivity index (χ3v) is 3.10. The van der Waals surface area contributed by atoms with Crippen molar-refractivity contribution in [2.24, 2.45) is 17.8 Å². The van der Waals surface area contributed by atoms with Crippen LogP contribution in [0.1, 0.15) is 27.7 Å². The summed E-state index contributed by atoms with van der Waals surface area (Å²) in [6.45, 7) is 8.55. The number of carbonyl (C=O) groups excluding carboxylic acids is 1. The molecule has 0 radical (unpaired) electrons. The molecule has 0 aromatic heterocycles. The zero-order chi connectivity index (χ0) is 15.0. The third-order valence-electron chi connectivity index (χ3n) is 3.10. The van der Waals surface area contributed by atoms with Crippen LogP contribution in [0.15, 0.2) is 0 Å².